The van der Waals surface area contributed by atoms with Gasteiger partial charge < -0.3 is 19.8 Å². The summed E-state index contributed by atoms with van der Waals surface area (Å²) in [6.07, 6.45) is 4.89. The van der Waals surface area contributed by atoms with Gasteiger partial charge >= 0.3 is 0 Å². The van der Waals surface area contributed by atoms with Crippen molar-refractivity contribution >= 4 is 17.8 Å². The molecule has 0 atom stereocenters. The Balaban J connectivity index is 1.55. The lowest BCUT2D eigenvalue weighted by atomic mass is 10.3. The molecule has 138 valence electrons. The van der Waals surface area contributed by atoms with Crippen LogP contribution in [0.5, 0.6) is 0 Å². The predicted octanol–water partition coefficient (Wildman–Crippen LogP) is 0.186. The molecule has 0 saturated carbocycles. The second-order valence-corrected chi connectivity index (χ2v) is 7.18. The first-order valence-corrected chi connectivity index (χ1v) is 9.67. The number of aliphatic hydroxyl groups excluding tert-OH is 1. The summed E-state index contributed by atoms with van der Waals surface area (Å²) in [5.74, 6) is 2.52. The number of anilines is 3. The molecule has 0 amide bonds. The molecule has 1 aromatic rings. The van der Waals surface area contributed by atoms with Crippen molar-refractivity contribution in [3.63, 3.8) is 0 Å². The summed E-state index contributed by atoms with van der Waals surface area (Å²) < 4.78 is 0. The molecule has 3 aliphatic heterocycles. The van der Waals surface area contributed by atoms with Gasteiger partial charge in [-0.25, -0.2) is 0 Å². The maximum absolute atomic E-state index is 9.12. The van der Waals surface area contributed by atoms with Crippen molar-refractivity contribution in [1.29, 1.82) is 0 Å². The molecule has 0 bridgehead atoms. The molecule has 4 heterocycles. The molecule has 25 heavy (non-hydrogen) atoms. The van der Waals surface area contributed by atoms with Gasteiger partial charge in [0.15, 0.2) is 0 Å². The van der Waals surface area contributed by atoms with Gasteiger partial charge in [-0.1, -0.05) is 0 Å². The van der Waals surface area contributed by atoms with Crippen LogP contribution in [-0.4, -0.2) is 90.5 Å². The largest absolute Gasteiger partial charge is 0.395 e. The molecule has 0 aromatic carbocycles. The highest BCUT2D eigenvalue weighted by molar-refractivity contribution is 5.47. The van der Waals surface area contributed by atoms with Gasteiger partial charge in [-0.3, -0.25) is 4.90 Å². The van der Waals surface area contributed by atoms with Crippen molar-refractivity contribution in [2.24, 2.45) is 0 Å². The summed E-state index contributed by atoms with van der Waals surface area (Å²) >= 11 is 0. The van der Waals surface area contributed by atoms with Crippen molar-refractivity contribution in [1.82, 2.24) is 19.9 Å². The van der Waals surface area contributed by atoms with Crippen LogP contribution >= 0.6 is 0 Å². The van der Waals surface area contributed by atoms with Gasteiger partial charge in [-0.15, -0.1) is 0 Å². The van der Waals surface area contributed by atoms with Crippen molar-refractivity contribution in [3.05, 3.63) is 0 Å². The van der Waals surface area contributed by atoms with E-state index in [0.29, 0.717) is 0 Å². The van der Waals surface area contributed by atoms with E-state index in [1.807, 2.05) is 0 Å². The number of nitrogens with zero attached hydrogens (tertiary/aromatic N) is 7. The molecule has 0 aliphatic carbocycles. The summed E-state index contributed by atoms with van der Waals surface area (Å²) in [6.45, 7) is 8.88. The zero-order valence-electron chi connectivity index (χ0n) is 15.0. The topological polar surface area (TPSA) is 71.9 Å². The first-order chi connectivity index (χ1) is 12.3. The van der Waals surface area contributed by atoms with Gasteiger partial charge in [0.25, 0.3) is 0 Å². The van der Waals surface area contributed by atoms with Crippen LogP contribution in [0.25, 0.3) is 0 Å². The number of aliphatic hydroxyl groups is 1. The van der Waals surface area contributed by atoms with Crippen molar-refractivity contribution < 1.29 is 5.11 Å². The lowest BCUT2D eigenvalue weighted by Gasteiger charge is -2.34. The third-order valence-corrected chi connectivity index (χ3v) is 5.45. The first-order valence-electron chi connectivity index (χ1n) is 9.67. The highest BCUT2D eigenvalue weighted by Gasteiger charge is 2.25. The Morgan fingerprint density at radius 1 is 0.600 bits per heavy atom. The smallest absolute Gasteiger partial charge is 0.232 e. The third kappa shape index (κ3) is 3.79. The molecule has 1 N–H and O–H groups in total. The van der Waals surface area contributed by atoms with Crippen molar-refractivity contribution in [2.45, 2.75) is 25.7 Å². The van der Waals surface area contributed by atoms with Crippen LogP contribution in [0.3, 0.4) is 0 Å². The third-order valence-electron chi connectivity index (χ3n) is 5.45. The first kappa shape index (κ1) is 16.8. The normalized spacial score (nSPS) is 22.2. The molecule has 3 fully saturated rings. The van der Waals surface area contributed by atoms with E-state index in [2.05, 4.69) is 19.6 Å². The maximum atomic E-state index is 9.12. The predicted molar refractivity (Wildman–Crippen MR) is 98.5 cm³/mol. The minimum absolute atomic E-state index is 0.226. The standard InChI is InChI=1S/C17H29N7O/c25-14-13-21-9-11-24(12-10-21)17-19-15(22-5-1-2-6-22)18-16(20-17)23-7-3-4-8-23/h25H,1-14H2. The molecule has 0 unspecified atom stereocenters. The van der Waals surface area contributed by atoms with Gasteiger partial charge in [0.2, 0.25) is 17.8 Å². The second kappa shape index (κ2) is 7.70. The lowest BCUT2D eigenvalue weighted by molar-refractivity contribution is 0.188. The van der Waals surface area contributed by atoms with Crippen LogP contribution in [0.15, 0.2) is 0 Å². The monoisotopic (exact) mass is 347 g/mol. The average molecular weight is 347 g/mol. The van der Waals surface area contributed by atoms with Crippen LogP contribution in [0.1, 0.15) is 25.7 Å². The van der Waals surface area contributed by atoms with Crippen LogP contribution < -0.4 is 14.7 Å². The van der Waals surface area contributed by atoms with Gasteiger partial charge in [0.05, 0.1) is 6.61 Å². The highest BCUT2D eigenvalue weighted by Crippen LogP contribution is 2.24. The summed E-state index contributed by atoms with van der Waals surface area (Å²) in [5.41, 5.74) is 0. The Morgan fingerprint density at radius 2 is 1.00 bits per heavy atom. The fourth-order valence-corrected chi connectivity index (χ4v) is 3.91. The maximum Gasteiger partial charge on any atom is 0.232 e. The molecule has 0 spiro atoms. The van der Waals surface area contributed by atoms with Gasteiger partial charge in [0.1, 0.15) is 0 Å². The summed E-state index contributed by atoms with van der Waals surface area (Å²) in [6, 6.07) is 0. The Labute approximate surface area is 149 Å². The second-order valence-electron chi connectivity index (χ2n) is 7.18. The molecule has 8 nitrogen and oxygen atoms in total. The van der Waals surface area contributed by atoms with Crippen LogP contribution in [0.2, 0.25) is 0 Å². The molecular formula is C17H29N7O. The number of rotatable bonds is 5. The van der Waals surface area contributed by atoms with E-state index in [-0.39, 0.29) is 6.61 Å². The zero-order valence-corrected chi connectivity index (χ0v) is 15.0. The Kier molecular flexibility index (Phi) is 5.17. The molecule has 4 rings (SSSR count). The van der Waals surface area contributed by atoms with E-state index in [1.54, 1.807) is 0 Å². The van der Waals surface area contributed by atoms with Gasteiger partial charge in [0, 0.05) is 58.9 Å². The number of hydrogen-bond donors (Lipinski definition) is 1. The molecule has 0 radical (unpaired) electrons. The van der Waals surface area contributed by atoms with Gasteiger partial charge in [-0.2, -0.15) is 15.0 Å². The molecule has 8 heteroatoms. The Bertz CT molecular complexity index is 530. The van der Waals surface area contributed by atoms with Crippen molar-refractivity contribution in [2.75, 3.05) is 80.2 Å². The van der Waals surface area contributed by atoms with E-state index in [0.717, 1.165) is 76.7 Å². The molecule has 3 saturated heterocycles. The zero-order chi connectivity index (χ0) is 17.1. The summed E-state index contributed by atoms with van der Waals surface area (Å²) in [5, 5.41) is 9.12. The van der Waals surface area contributed by atoms with Crippen LogP contribution in [-0.2, 0) is 0 Å². The molecule has 1 aromatic heterocycles. The summed E-state index contributed by atoms with van der Waals surface area (Å²) in [4.78, 5) is 23.6. The highest BCUT2D eigenvalue weighted by atomic mass is 16.3. The minimum atomic E-state index is 0.226. The summed E-state index contributed by atoms with van der Waals surface area (Å²) in [7, 11) is 0. The SMILES string of the molecule is OCCN1CCN(c2nc(N3CCCC3)nc(N3CCCC3)n2)CC1. The van der Waals surface area contributed by atoms with Gasteiger partial charge in [-0.05, 0) is 25.7 Å². The van der Waals surface area contributed by atoms with E-state index in [1.165, 1.54) is 25.7 Å². The molecular weight excluding hydrogens is 318 g/mol. The van der Waals surface area contributed by atoms with E-state index < -0.39 is 0 Å². The van der Waals surface area contributed by atoms with Crippen LogP contribution in [0, 0.1) is 0 Å². The number of hydrogen-bond acceptors (Lipinski definition) is 8. The minimum Gasteiger partial charge on any atom is -0.395 e. The number of aromatic nitrogens is 3. The molecule has 3 aliphatic rings. The fourth-order valence-electron chi connectivity index (χ4n) is 3.91. The number of piperazine rings is 1. The quantitative estimate of drug-likeness (QED) is 0.809. The number of β-amino-alcohol motifs (C(OH)–C–C–N with tert-alkyl or cyclic N) is 1. The average Bonchev–Trinajstić information content (AvgIpc) is 3.36. The lowest BCUT2D eigenvalue weighted by Crippen LogP contribution is -2.48. The van der Waals surface area contributed by atoms with E-state index in [9.17, 15) is 0 Å². The Morgan fingerprint density at radius 3 is 1.40 bits per heavy atom. The van der Waals surface area contributed by atoms with Crippen LogP contribution in [0.4, 0.5) is 17.8 Å². The van der Waals surface area contributed by atoms with Crippen molar-refractivity contribution in [3.8, 4) is 0 Å². The van der Waals surface area contributed by atoms with E-state index in [4.69, 9.17) is 20.1 Å². The Hall–Kier alpha value is -1.67. The van der Waals surface area contributed by atoms with E-state index >= 15 is 0 Å². The fraction of sp³-hybridized carbons (Fsp3) is 0.824.